The standard InChI is InChI=1S/C27H30N2O5/c1-3-33-27(32)22-8-6-10-24(30)25(22)29-26(31)18-11-13-20(14-12-18)34-16-19-15-17(2)28-23-9-5-4-7-21(19)23/h4-5,7,9,11-15,22,24-25,30H,3,6,8,10,16H2,1-2H3,(H,29,31)/t22-,24+,25?/m0/s1. The van der Waals surface area contributed by atoms with Crippen LogP contribution >= 0.6 is 0 Å². The zero-order valence-corrected chi connectivity index (χ0v) is 19.5. The lowest BCUT2D eigenvalue weighted by molar-refractivity contribution is -0.151. The van der Waals surface area contributed by atoms with Gasteiger partial charge in [0.1, 0.15) is 12.4 Å². The Bertz CT molecular complexity index is 1160. The third kappa shape index (κ3) is 5.37. The number of rotatable bonds is 7. The van der Waals surface area contributed by atoms with Crippen molar-refractivity contribution >= 4 is 22.8 Å². The van der Waals surface area contributed by atoms with Crippen LogP contribution in [-0.4, -0.2) is 40.7 Å². The first kappa shape index (κ1) is 23.7. The van der Waals surface area contributed by atoms with Gasteiger partial charge in [-0.05, 0) is 69.5 Å². The van der Waals surface area contributed by atoms with Crippen molar-refractivity contribution in [2.45, 2.75) is 51.9 Å². The monoisotopic (exact) mass is 462 g/mol. The zero-order valence-electron chi connectivity index (χ0n) is 19.5. The van der Waals surface area contributed by atoms with Gasteiger partial charge in [0.2, 0.25) is 0 Å². The minimum atomic E-state index is -0.784. The van der Waals surface area contributed by atoms with Gasteiger partial charge in [0.25, 0.3) is 5.91 Å². The van der Waals surface area contributed by atoms with Gasteiger partial charge in [-0.2, -0.15) is 0 Å². The number of aliphatic hydroxyl groups excluding tert-OH is 1. The molecular formula is C27H30N2O5. The van der Waals surface area contributed by atoms with Crippen molar-refractivity contribution in [1.29, 1.82) is 0 Å². The molecule has 34 heavy (non-hydrogen) atoms. The number of pyridine rings is 1. The van der Waals surface area contributed by atoms with Gasteiger partial charge < -0.3 is 19.9 Å². The van der Waals surface area contributed by atoms with Crippen LogP contribution in [0.15, 0.2) is 54.6 Å². The van der Waals surface area contributed by atoms with E-state index in [1.54, 1.807) is 31.2 Å². The number of hydrogen-bond donors (Lipinski definition) is 2. The molecule has 0 spiro atoms. The summed E-state index contributed by atoms with van der Waals surface area (Å²) in [6.45, 7) is 4.35. The molecule has 0 bridgehead atoms. The molecule has 1 aliphatic carbocycles. The number of fused-ring (bicyclic) bond motifs is 1. The number of hydrogen-bond acceptors (Lipinski definition) is 6. The highest BCUT2D eigenvalue weighted by Gasteiger charge is 2.38. The molecule has 1 heterocycles. The molecule has 2 aromatic carbocycles. The maximum absolute atomic E-state index is 12.8. The Morgan fingerprint density at radius 3 is 2.65 bits per heavy atom. The molecule has 0 aliphatic heterocycles. The summed E-state index contributed by atoms with van der Waals surface area (Å²) in [5.41, 5.74) is 3.33. The molecule has 0 saturated heterocycles. The van der Waals surface area contributed by atoms with E-state index in [0.717, 1.165) is 28.6 Å². The number of esters is 1. The summed E-state index contributed by atoms with van der Waals surface area (Å²) in [6, 6.07) is 16.1. The number of aryl methyl sites for hydroxylation is 1. The molecule has 1 unspecified atom stereocenters. The molecule has 3 atom stereocenters. The predicted octanol–water partition coefficient (Wildman–Crippen LogP) is 3.94. The van der Waals surface area contributed by atoms with Crippen LogP contribution in [0.1, 0.15) is 47.8 Å². The number of nitrogens with zero attached hydrogens (tertiary/aromatic N) is 1. The molecule has 7 nitrogen and oxygen atoms in total. The third-order valence-corrected chi connectivity index (χ3v) is 6.19. The summed E-state index contributed by atoms with van der Waals surface area (Å²) in [7, 11) is 0. The molecule has 1 amide bonds. The Balaban J connectivity index is 1.41. The van der Waals surface area contributed by atoms with Crippen LogP contribution in [0.25, 0.3) is 10.9 Å². The summed E-state index contributed by atoms with van der Waals surface area (Å²) >= 11 is 0. The van der Waals surface area contributed by atoms with Crippen LogP contribution in [-0.2, 0) is 16.1 Å². The number of aromatic nitrogens is 1. The summed E-state index contributed by atoms with van der Waals surface area (Å²) in [5.74, 6) is -0.636. The van der Waals surface area contributed by atoms with Gasteiger partial charge in [-0.1, -0.05) is 18.2 Å². The molecule has 1 aliphatic rings. The third-order valence-electron chi connectivity index (χ3n) is 6.19. The number of aliphatic hydroxyl groups is 1. The first-order chi connectivity index (χ1) is 16.5. The lowest BCUT2D eigenvalue weighted by Crippen LogP contribution is -2.53. The van der Waals surface area contributed by atoms with Crippen LogP contribution in [0.5, 0.6) is 5.75 Å². The Morgan fingerprint density at radius 1 is 1.12 bits per heavy atom. The molecule has 1 fully saturated rings. The average Bonchev–Trinajstić information content (AvgIpc) is 2.84. The van der Waals surface area contributed by atoms with Gasteiger partial charge in [-0.3, -0.25) is 14.6 Å². The Kier molecular flexibility index (Phi) is 7.43. The van der Waals surface area contributed by atoms with Crippen molar-refractivity contribution in [2.75, 3.05) is 6.61 Å². The number of carbonyl (C=O) groups is 2. The Morgan fingerprint density at radius 2 is 1.88 bits per heavy atom. The van der Waals surface area contributed by atoms with E-state index in [-0.39, 0.29) is 18.5 Å². The summed E-state index contributed by atoms with van der Waals surface area (Å²) < 4.78 is 11.1. The fourth-order valence-electron chi connectivity index (χ4n) is 4.50. The fraction of sp³-hybridized carbons (Fsp3) is 0.370. The smallest absolute Gasteiger partial charge is 0.311 e. The van der Waals surface area contributed by atoms with Gasteiger partial charge in [0, 0.05) is 22.2 Å². The highest BCUT2D eigenvalue weighted by atomic mass is 16.5. The lowest BCUT2D eigenvalue weighted by atomic mass is 9.82. The van der Waals surface area contributed by atoms with E-state index in [0.29, 0.717) is 30.8 Å². The van der Waals surface area contributed by atoms with Gasteiger partial charge >= 0.3 is 5.97 Å². The second-order valence-electron chi connectivity index (χ2n) is 8.61. The number of benzene rings is 2. The number of nitrogens with one attached hydrogen (secondary N) is 1. The van der Waals surface area contributed by atoms with Gasteiger partial charge in [0.05, 0.1) is 30.2 Å². The first-order valence-corrected chi connectivity index (χ1v) is 11.7. The van der Waals surface area contributed by atoms with Crippen LogP contribution < -0.4 is 10.1 Å². The van der Waals surface area contributed by atoms with Crippen molar-refractivity contribution in [2.24, 2.45) is 5.92 Å². The topological polar surface area (TPSA) is 97.8 Å². The van der Waals surface area contributed by atoms with E-state index < -0.39 is 18.1 Å². The minimum Gasteiger partial charge on any atom is -0.489 e. The summed E-state index contributed by atoms with van der Waals surface area (Å²) in [5, 5.41) is 14.3. The number of ether oxygens (including phenoxy) is 2. The Hall–Kier alpha value is -3.45. The van der Waals surface area contributed by atoms with Crippen LogP contribution in [0, 0.1) is 12.8 Å². The van der Waals surface area contributed by atoms with Gasteiger partial charge in [-0.15, -0.1) is 0 Å². The fourth-order valence-corrected chi connectivity index (χ4v) is 4.50. The molecule has 178 valence electrons. The lowest BCUT2D eigenvalue weighted by Gasteiger charge is -2.34. The predicted molar refractivity (Wildman–Crippen MR) is 128 cm³/mol. The van der Waals surface area contributed by atoms with Crippen molar-refractivity contribution in [3.63, 3.8) is 0 Å². The van der Waals surface area contributed by atoms with E-state index in [9.17, 15) is 14.7 Å². The minimum absolute atomic E-state index is 0.266. The maximum atomic E-state index is 12.8. The molecular weight excluding hydrogens is 432 g/mol. The first-order valence-electron chi connectivity index (χ1n) is 11.7. The number of para-hydroxylation sites is 1. The average molecular weight is 463 g/mol. The highest BCUT2D eigenvalue weighted by molar-refractivity contribution is 5.95. The highest BCUT2D eigenvalue weighted by Crippen LogP contribution is 2.27. The van der Waals surface area contributed by atoms with Gasteiger partial charge in [-0.25, -0.2) is 0 Å². The van der Waals surface area contributed by atoms with E-state index in [2.05, 4.69) is 10.3 Å². The van der Waals surface area contributed by atoms with E-state index in [4.69, 9.17) is 9.47 Å². The second-order valence-corrected chi connectivity index (χ2v) is 8.61. The van der Waals surface area contributed by atoms with E-state index in [1.807, 2.05) is 37.3 Å². The SMILES string of the molecule is CCOC(=O)[C@H]1CCC[C@@H](O)C1NC(=O)c1ccc(OCc2cc(C)nc3ccccc23)cc1. The van der Waals surface area contributed by atoms with Crippen LogP contribution in [0.2, 0.25) is 0 Å². The molecule has 3 aromatic rings. The van der Waals surface area contributed by atoms with Crippen molar-refractivity contribution < 1.29 is 24.2 Å². The molecule has 1 saturated carbocycles. The maximum Gasteiger partial charge on any atom is 0.311 e. The normalized spacial score (nSPS) is 20.0. The Labute approximate surface area is 199 Å². The van der Waals surface area contributed by atoms with Crippen LogP contribution in [0.4, 0.5) is 0 Å². The molecule has 4 rings (SSSR count). The van der Waals surface area contributed by atoms with Gasteiger partial charge in [0.15, 0.2) is 0 Å². The largest absolute Gasteiger partial charge is 0.489 e. The van der Waals surface area contributed by atoms with Crippen molar-refractivity contribution in [3.8, 4) is 5.75 Å². The molecule has 7 heteroatoms. The summed E-state index contributed by atoms with van der Waals surface area (Å²) in [4.78, 5) is 29.7. The second kappa shape index (κ2) is 10.7. The van der Waals surface area contributed by atoms with E-state index >= 15 is 0 Å². The van der Waals surface area contributed by atoms with Crippen molar-refractivity contribution in [3.05, 3.63) is 71.4 Å². The molecule has 2 N–H and O–H groups in total. The molecule has 0 radical (unpaired) electrons. The number of carbonyl (C=O) groups excluding carboxylic acids is 2. The summed E-state index contributed by atoms with van der Waals surface area (Å²) in [6.07, 6.45) is 1.05. The van der Waals surface area contributed by atoms with E-state index in [1.165, 1.54) is 0 Å². The van der Waals surface area contributed by atoms with Crippen molar-refractivity contribution in [1.82, 2.24) is 10.3 Å². The zero-order chi connectivity index (χ0) is 24.1. The number of amides is 1. The molecule has 1 aromatic heterocycles. The quantitative estimate of drug-likeness (QED) is 0.516. The van der Waals surface area contributed by atoms with Crippen LogP contribution in [0.3, 0.4) is 0 Å².